The monoisotopic (exact) mass is 249 g/mol. The summed E-state index contributed by atoms with van der Waals surface area (Å²) in [5, 5.41) is 2.82. The molecule has 1 amide bonds. The van der Waals surface area contributed by atoms with E-state index >= 15 is 0 Å². The molecule has 2 aromatic heterocycles. The van der Waals surface area contributed by atoms with E-state index < -0.39 is 11.5 Å². The molecule has 2 N–H and O–H groups in total. The lowest BCUT2D eigenvalue weighted by Crippen LogP contribution is -2.22. The first-order valence-corrected chi connectivity index (χ1v) is 5.15. The summed E-state index contributed by atoms with van der Waals surface area (Å²) in [6.45, 7) is 0. The second kappa shape index (κ2) is 4.80. The number of aromatic nitrogens is 2. The first kappa shape index (κ1) is 11.3. The van der Waals surface area contributed by atoms with E-state index in [1.165, 1.54) is 24.5 Å². The Morgan fingerprint density at radius 1 is 1.41 bits per heavy atom. The van der Waals surface area contributed by atoms with Crippen LogP contribution in [0.2, 0.25) is 5.15 Å². The van der Waals surface area contributed by atoms with Gasteiger partial charge in [-0.1, -0.05) is 11.6 Å². The van der Waals surface area contributed by atoms with Gasteiger partial charge in [-0.3, -0.25) is 9.59 Å². The molecule has 0 radical (unpaired) electrons. The van der Waals surface area contributed by atoms with Gasteiger partial charge in [0.15, 0.2) is 0 Å². The van der Waals surface area contributed by atoms with Crippen LogP contribution in [0.5, 0.6) is 0 Å². The minimum absolute atomic E-state index is 0.0421. The smallest absolute Gasteiger partial charge is 0.261 e. The molecule has 5 nitrogen and oxygen atoms in total. The number of carbonyl (C=O) groups is 1. The standard InChI is InChI=1S/C11H8ClN3O2/c12-9-6-7(3-5-13-9)15-11(17)8-2-1-4-14-10(8)16/h1-6H,(H,14,16)(H,13,15,17). The molecule has 6 heteroatoms. The van der Waals surface area contributed by atoms with Crippen molar-refractivity contribution in [2.75, 3.05) is 5.32 Å². The lowest BCUT2D eigenvalue weighted by Gasteiger charge is -2.04. The molecule has 0 unspecified atom stereocenters. The van der Waals surface area contributed by atoms with Crippen LogP contribution in [0.4, 0.5) is 5.69 Å². The van der Waals surface area contributed by atoms with Crippen molar-refractivity contribution in [1.29, 1.82) is 0 Å². The van der Waals surface area contributed by atoms with Gasteiger partial charge in [-0.05, 0) is 24.3 Å². The second-order valence-corrected chi connectivity index (χ2v) is 3.62. The van der Waals surface area contributed by atoms with Crippen LogP contribution in [0.15, 0.2) is 41.5 Å². The molecule has 0 aliphatic carbocycles. The van der Waals surface area contributed by atoms with Crippen LogP contribution in [-0.2, 0) is 0 Å². The van der Waals surface area contributed by atoms with Gasteiger partial charge >= 0.3 is 0 Å². The Labute approximate surface area is 101 Å². The summed E-state index contributed by atoms with van der Waals surface area (Å²) < 4.78 is 0. The summed E-state index contributed by atoms with van der Waals surface area (Å²) in [4.78, 5) is 29.3. The molecule has 0 bridgehead atoms. The van der Waals surface area contributed by atoms with Crippen LogP contribution < -0.4 is 10.9 Å². The molecule has 0 aromatic carbocycles. The lowest BCUT2D eigenvalue weighted by atomic mass is 10.2. The van der Waals surface area contributed by atoms with E-state index in [0.717, 1.165) is 0 Å². The van der Waals surface area contributed by atoms with Gasteiger partial charge in [-0.15, -0.1) is 0 Å². The molecule has 0 spiro atoms. The zero-order valence-electron chi connectivity index (χ0n) is 8.61. The summed E-state index contributed by atoms with van der Waals surface area (Å²) in [7, 11) is 0. The summed E-state index contributed by atoms with van der Waals surface area (Å²) in [6, 6.07) is 6.10. The number of hydrogen-bond acceptors (Lipinski definition) is 3. The van der Waals surface area contributed by atoms with Crippen molar-refractivity contribution in [3.8, 4) is 0 Å². The normalized spacial score (nSPS) is 9.94. The molecule has 0 aliphatic heterocycles. The van der Waals surface area contributed by atoms with E-state index in [9.17, 15) is 9.59 Å². The quantitative estimate of drug-likeness (QED) is 0.795. The van der Waals surface area contributed by atoms with Crippen molar-refractivity contribution in [2.24, 2.45) is 0 Å². The average molecular weight is 250 g/mol. The topological polar surface area (TPSA) is 74.8 Å². The molecule has 17 heavy (non-hydrogen) atoms. The predicted octanol–water partition coefficient (Wildman–Crippen LogP) is 1.68. The van der Waals surface area contributed by atoms with E-state index in [2.05, 4.69) is 15.3 Å². The molecule has 86 valence electrons. The van der Waals surface area contributed by atoms with E-state index in [4.69, 9.17) is 11.6 Å². The van der Waals surface area contributed by atoms with Crippen molar-refractivity contribution in [3.63, 3.8) is 0 Å². The van der Waals surface area contributed by atoms with Gasteiger partial charge in [0.25, 0.3) is 11.5 Å². The largest absolute Gasteiger partial charge is 0.328 e. The Kier molecular flexibility index (Phi) is 3.20. The molecule has 0 fully saturated rings. The predicted molar refractivity (Wildman–Crippen MR) is 64.3 cm³/mol. The highest BCUT2D eigenvalue weighted by Gasteiger charge is 2.09. The summed E-state index contributed by atoms with van der Waals surface area (Å²) in [6.07, 6.45) is 2.93. The Hall–Kier alpha value is -2.14. The Bertz CT molecular complexity index is 609. The van der Waals surface area contributed by atoms with Crippen LogP contribution in [0, 0.1) is 0 Å². The van der Waals surface area contributed by atoms with E-state index in [0.29, 0.717) is 5.69 Å². The van der Waals surface area contributed by atoms with Crippen LogP contribution in [0.1, 0.15) is 10.4 Å². The van der Waals surface area contributed by atoms with Crippen molar-refractivity contribution in [2.45, 2.75) is 0 Å². The average Bonchev–Trinajstić information content (AvgIpc) is 2.29. The van der Waals surface area contributed by atoms with Crippen molar-refractivity contribution in [1.82, 2.24) is 9.97 Å². The Balaban J connectivity index is 2.23. The number of amides is 1. The number of carbonyl (C=O) groups excluding carboxylic acids is 1. The fourth-order valence-corrected chi connectivity index (χ4v) is 1.45. The third-order valence-electron chi connectivity index (χ3n) is 2.05. The number of halogens is 1. The number of nitrogens with zero attached hydrogens (tertiary/aromatic N) is 1. The Morgan fingerprint density at radius 2 is 2.24 bits per heavy atom. The lowest BCUT2D eigenvalue weighted by molar-refractivity contribution is 0.102. The molecule has 0 saturated heterocycles. The van der Waals surface area contributed by atoms with Gasteiger partial charge in [-0.25, -0.2) is 4.98 Å². The van der Waals surface area contributed by atoms with E-state index in [1.54, 1.807) is 12.1 Å². The minimum atomic E-state index is -0.492. The van der Waals surface area contributed by atoms with E-state index in [1.807, 2.05) is 0 Å². The molecule has 2 rings (SSSR count). The second-order valence-electron chi connectivity index (χ2n) is 3.23. The third kappa shape index (κ3) is 2.70. The van der Waals surface area contributed by atoms with Gasteiger partial charge in [0.05, 0.1) is 0 Å². The maximum absolute atomic E-state index is 11.8. The molecule has 2 aromatic rings. The van der Waals surface area contributed by atoms with Gasteiger partial charge in [0.1, 0.15) is 10.7 Å². The van der Waals surface area contributed by atoms with E-state index in [-0.39, 0.29) is 10.7 Å². The highest BCUT2D eigenvalue weighted by atomic mass is 35.5. The van der Waals surface area contributed by atoms with Crippen molar-refractivity contribution in [3.05, 3.63) is 57.7 Å². The van der Waals surface area contributed by atoms with Gasteiger partial charge in [0, 0.05) is 18.1 Å². The molecule has 0 atom stereocenters. The molecule has 0 saturated carbocycles. The van der Waals surface area contributed by atoms with Gasteiger partial charge in [0.2, 0.25) is 0 Å². The number of pyridine rings is 2. The van der Waals surface area contributed by atoms with Crippen LogP contribution in [0.3, 0.4) is 0 Å². The summed E-state index contributed by atoms with van der Waals surface area (Å²) in [5.41, 5.74) is 0.0869. The molecule has 0 aliphatic rings. The maximum Gasteiger partial charge on any atom is 0.261 e. The minimum Gasteiger partial charge on any atom is -0.328 e. The first-order chi connectivity index (χ1) is 8.16. The summed E-state index contributed by atoms with van der Waals surface area (Å²) in [5.74, 6) is -0.492. The summed E-state index contributed by atoms with van der Waals surface area (Å²) >= 11 is 5.68. The number of anilines is 1. The Morgan fingerprint density at radius 3 is 2.94 bits per heavy atom. The van der Waals surface area contributed by atoms with Crippen LogP contribution >= 0.6 is 11.6 Å². The van der Waals surface area contributed by atoms with Crippen molar-refractivity contribution < 1.29 is 4.79 Å². The molecular weight excluding hydrogens is 242 g/mol. The van der Waals surface area contributed by atoms with Crippen LogP contribution in [-0.4, -0.2) is 15.9 Å². The zero-order valence-corrected chi connectivity index (χ0v) is 9.36. The number of H-pyrrole nitrogens is 1. The van der Waals surface area contributed by atoms with Gasteiger partial charge in [-0.2, -0.15) is 0 Å². The number of nitrogens with one attached hydrogen (secondary N) is 2. The highest BCUT2D eigenvalue weighted by Crippen LogP contribution is 2.12. The number of aromatic amines is 1. The SMILES string of the molecule is O=C(Nc1ccnc(Cl)c1)c1ccc[nH]c1=O. The highest BCUT2D eigenvalue weighted by molar-refractivity contribution is 6.29. The maximum atomic E-state index is 11.8. The first-order valence-electron chi connectivity index (χ1n) is 4.77. The third-order valence-corrected chi connectivity index (χ3v) is 2.25. The molecule has 2 heterocycles. The van der Waals surface area contributed by atoms with Gasteiger partial charge < -0.3 is 10.3 Å². The fourth-order valence-electron chi connectivity index (χ4n) is 1.28. The number of hydrogen-bond donors (Lipinski definition) is 2. The number of rotatable bonds is 2. The van der Waals surface area contributed by atoms with Crippen molar-refractivity contribution >= 4 is 23.2 Å². The fraction of sp³-hybridized carbons (Fsp3) is 0. The van der Waals surface area contributed by atoms with Crippen LogP contribution in [0.25, 0.3) is 0 Å². The zero-order chi connectivity index (χ0) is 12.3. The molecular formula is C11H8ClN3O2.